The molecule has 132 valence electrons. The maximum absolute atomic E-state index is 12.3. The van der Waals surface area contributed by atoms with Crippen LogP contribution < -0.4 is 0 Å². The van der Waals surface area contributed by atoms with Gasteiger partial charge < -0.3 is 0 Å². The number of hydrogen-bond acceptors (Lipinski definition) is 4. The van der Waals surface area contributed by atoms with Gasteiger partial charge in [0, 0.05) is 38.3 Å². The molecule has 0 unspecified atom stereocenters. The van der Waals surface area contributed by atoms with Crippen molar-refractivity contribution in [2.75, 3.05) is 24.6 Å². The fourth-order valence-corrected chi connectivity index (χ4v) is 6.17. The van der Waals surface area contributed by atoms with E-state index in [-0.39, 0.29) is 23.6 Å². The van der Waals surface area contributed by atoms with Gasteiger partial charge in [0.2, 0.25) is 0 Å². The second kappa shape index (κ2) is 6.90. The van der Waals surface area contributed by atoms with Gasteiger partial charge in [-0.05, 0) is 11.1 Å². The summed E-state index contributed by atoms with van der Waals surface area (Å²) >= 11 is 0. The van der Waals surface area contributed by atoms with Crippen molar-refractivity contribution < 1.29 is 8.42 Å². The molecule has 2 aromatic rings. The van der Waals surface area contributed by atoms with E-state index in [0.29, 0.717) is 0 Å². The van der Waals surface area contributed by atoms with Crippen LogP contribution in [-0.2, 0) is 22.9 Å². The predicted molar refractivity (Wildman–Crippen MR) is 99.9 cm³/mol. The Morgan fingerprint density at radius 2 is 1.12 bits per heavy atom. The number of hydrogen-bond donors (Lipinski definition) is 0. The molecule has 0 bridgehead atoms. The lowest BCUT2D eigenvalue weighted by molar-refractivity contribution is 0.0355. The highest BCUT2D eigenvalue weighted by atomic mass is 32.2. The van der Waals surface area contributed by atoms with Gasteiger partial charge in [0.1, 0.15) is 0 Å². The summed E-state index contributed by atoms with van der Waals surface area (Å²) in [5, 5.41) is 0. The molecule has 0 spiro atoms. The summed E-state index contributed by atoms with van der Waals surface area (Å²) in [5.74, 6) is 0.575. The van der Waals surface area contributed by atoms with Gasteiger partial charge in [-0.3, -0.25) is 9.80 Å². The summed E-state index contributed by atoms with van der Waals surface area (Å²) in [6, 6.07) is 20.9. The first kappa shape index (κ1) is 16.8. The van der Waals surface area contributed by atoms with E-state index in [1.807, 2.05) is 36.4 Å². The van der Waals surface area contributed by atoms with Gasteiger partial charge in [-0.25, -0.2) is 8.42 Å². The normalized spacial score (nSPS) is 26.4. The highest BCUT2D eigenvalue weighted by molar-refractivity contribution is 7.91. The van der Waals surface area contributed by atoms with E-state index in [2.05, 4.69) is 34.1 Å². The lowest BCUT2D eigenvalue weighted by Crippen LogP contribution is -2.58. The smallest absolute Gasteiger partial charge is 0.153 e. The summed E-state index contributed by atoms with van der Waals surface area (Å²) in [5.41, 5.74) is 2.50. The Balaban J connectivity index is 1.53. The Morgan fingerprint density at radius 1 is 0.720 bits per heavy atom. The average molecular weight is 356 g/mol. The Labute approximate surface area is 150 Å². The Kier molecular flexibility index (Phi) is 4.63. The lowest BCUT2D eigenvalue weighted by Gasteiger charge is -2.44. The molecule has 2 aliphatic rings. The first-order valence-corrected chi connectivity index (χ1v) is 10.7. The van der Waals surface area contributed by atoms with Gasteiger partial charge in [-0.1, -0.05) is 60.7 Å². The van der Waals surface area contributed by atoms with Crippen molar-refractivity contribution in [3.8, 4) is 0 Å². The fourth-order valence-electron chi connectivity index (χ4n) is 4.13. The first-order chi connectivity index (χ1) is 12.1. The van der Waals surface area contributed by atoms with E-state index < -0.39 is 9.84 Å². The van der Waals surface area contributed by atoms with E-state index >= 15 is 0 Å². The molecule has 0 N–H and O–H groups in total. The molecule has 4 nitrogen and oxygen atoms in total. The number of sulfone groups is 1. The van der Waals surface area contributed by atoms with E-state index in [1.165, 1.54) is 11.1 Å². The van der Waals surface area contributed by atoms with Crippen LogP contribution in [0, 0.1) is 0 Å². The van der Waals surface area contributed by atoms with Crippen molar-refractivity contribution in [3.63, 3.8) is 0 Å². The molecular formula is C20H24N2O2S. The Hall–Kier alpha value is -1.69. The van der Waals surface area contributed by atoms with Crippen LogP contribution in [-0.4, -0.2) is 54.9 Å². The molecule has 5 heteroatoms. The minimum atomic E-state index is -2.96. The summed E-state index contributed by atoms with van der Waals surface area (Å²) in [6.07, 6.45) is 0. The minimum absolute atomic E-state index is 0.0997. The number of benzene rings is 2. The topological polar surface area (TPSA) is 40.6 Å². The molecule has 2 saturated heterocycles. The second-order valence-electron chi connectivity index (χ2n) is 7.12. The van der Waals surface area contributed by atoms with Crippen LogP contribution in [0.25, 0.3) is 0 Å². The minimum Gasteiger partial charge on any atom is -0.292 e. The molecule has 2 aliphatic heterocycles. The molecule has 0 amide bonds. The van der Waals surface area contributed by atoms with Crippen LogP contribution in [0.5, 0.6) is 0 Å². The van der Waals surface area contributed by atoms with Gasteiger partial charge in [0.15, 0.2) is 9.84 Å². The van der Waals surface area contributed by atoms with Crippen molar-refractivity contribution in [2.24, 2.45) is 0 Å². The first-order valence-electron chi connectivity index (χ1n) is 8.87. The van der Waals surface area contributed by atoms with Gasteiger partial charge in [0.25, 0.3) is 0 Å². The Bertz CT molecular complexity index is 745. The van der Waals surface area contributed by atoms with Gasteiger partial charge >= 0.3 is 0 Å². The molecule has 0 saturated carbocycles. The molecule has 2 atom stereocenters. The summed E-state index contributed by atoms with van der Waals surface area (Å²) in [7, 11) is -2.96. The summed E-state index contributed by atoms with van der Waals surface area (Å²) < 4.78 is 24.7. The zero-order chi connectivity index (χ0) is 17.3. The number of fused-ring (bicyclic) bond motifs is 1. The molecule has 2 aromatic carbocycles. The van der Waals surface area contributed by atoms with Gasteiger partial charge in [-0.15, -0.1) is 0 Å². The molecule has 2 heterocycles. The van der Waals surface area contributed by atoms with Crippen LogP contribution in [0.15, 0.2) is 60.7 Å². The Morgan fingerprint density at radius 3 is 1.52 bits per heavy atom. The molecule has 0 aromatic heterocycles. The molecule has 2 fully saturated rings. The van der Waals surface area contributed by atoms with Gasteiger partial charge in [-0.2, -0.15) is 0 Å². The highest BCUT2D eigenvalue weighted by Crippen LogP contribution is 2.29. The van der Waals surface area contributed by atoms with Crippen LogP contribution in [0.2, 0.25) is 0 Å². The van der Waals surface area contributed by atoms with Crippen molar-refractivity contribution in [1.29, 1.82) is 0 Å². The van der Waals surface area contributed by atoms with E-state index in [0.717, 1.165) is 26.2 Å². The van der Waals surface area contributed by atoms with Crippen LogP contribution in [0.4, 0.5) is 0 Å². The molecular weight excluding hydrogens is 332 g/mol. The molecule has 0 aliphatic carbocycles. The predicted octanol–water partition coefficient (Wildman–Crippen LogP) is 2.17. The molecule has 4 rings (SSSR count). The zero-order valence-corrected chi connectivity index (χ0v) is 15.1. The standard InChI is InChI=1S/C20H24N2O2S/c23-25(24)15-19-20(16-25)22(14-18-9-5-2-6-10-18)12-11-21(19)13-17-7-3-1-4-8-17/h1-10,19-20H,11-16H2/t19-,20-/m1/s1. The number of rotatable bonds is 4. The highest BCUT2D eigenvalue weighted by Gasteiger charge is 2.46. The second-order valence-corrected chi connectivity index (χ2v) is 9.28. The maximum Gasteiger partial charge on any atom is 0.153 e. The van der Waals surface area contributed by atoms with Crippen molar-refractivity contribution in [2.45, 2.75) is 25.2 Å². The van der Waals surface area contributed by atoms with Crippen molar-refractivity contribution >= 4 is 9.84 Å². The summed E-state index contributed by atoms with van der Waals surface area (Å²) in [4.78, 5) is 4.73. The monoisotopic (exact) mass is 356 g/mol. The van der Waals surface area contributed by atoms with Crippen molar-refractivity contribution in [3.05, 3.63) is 71.8 Å². The summed E-state index contributed by atoms with van der Waals surface area (Å²) in [6.45, 7) is 3.49. The fraction of sp³-hybridized carbons (Fsp3) is 0.400. The third kappa shape index (κ3) is 3.78. The number of nitrogens with zero attached hydrogens (tertiary/aromatic N) is 2. The molecule has 0 radical (unpaired) electrons. The van der Waals surface area contributed by atoms with E-state index in [9.17, 15) is 8.42 Å². The van der Waals surface area contributed by atoms with Crippen LogP contribution in [0.3, 0.4) is 0 Å². The average Bonchev–Trinajstić information content (AvgIpc) is 2.95. The van der Waals surface area contributed by atoms with Crippen LogP contribution >= 0.6 is 0 Å². The van der Waals surface area contributed by atoms with Crippen LogP contribution in [0.1, 0.15) is 11.1 Å². The zero-order valence-electron chi connectivity index (χ0n) is 14.3. The van der Waals surface area contributed by atoms with Gasteiger partial charge in [0.05, 0.1) is 11.5 Å². The molecule has 25 heavy (non-hydrogen) atoms. The maximum atomic E-state index is 12.3. The third-order valence-electron chi connectivity index (χ3n) is 5.36. The van der Waals surface area contributed by atoms with Crippen molar-refractivity contribution in [1.82, 2.24) is 9.80 Å². The third-order valence-corrected chi connectivity index (χ3v) is 7.06. The largest absolute Gasteiger partial charge is 0.292 e. The quantitative estimate of drug-likeness (QED) is 0.842. The lowest BCUT2D eigenvalue weighted by atomic mass is 10.0. The van der Waals surface area contributed by atoms with E-state index in [1.54, 1.807) is 0 Å². The van der Waals surface area contributed by atoms with E-state index in [4.69, 9.17) is 0 Å². The SMILES string of the molecule is O=S1(=O)C[C@@H]2[C@@H](C1)N(Cc1ccccc1)CCN2Cc1ccccc1. The number of piperazine rings is 1.